The van der Waals surface area contributed by atoms with Crippen LogP contribution in [0.3, 0.4) is 0 Å². The van der Waals surface area contributed by atoms with Gasteiger partial charge < -0.3 is 37.0 Å². The maximum absolute atomic E-state index is 12.3. The molecule has 0 aromatic rings. The Labute approximate surface area is 168 Å². The standard InChI is InChI=1S/C17H30N4O8/c1-7(2)5-11(17(28)29)20-14(25)8(3)19-16(27)13(9(4)22)21-15(26)10(18)6-12(23)24/h7-11,13,22H,5-6,18H2,1-4H3,(H,19,27)(H,20,25)(H,21,26)(H,23,24)(H,28,29). The van der Waals surface area contributed by atoms with Gasteiger partial charge in [-0.15, -0.1) is 0 Å². The van der Waals surface area contributed by atoms with Crippen LogP contribution in [0.15, 0.2) is 0 Å². The quantitative estimate of drug-likeness (QED) is 0.183. The molecule has 0 aromatic carbocycles. The van der Waals surface area contributed by atoms with Crippen molar-refractivity contribution in [2.45, 2.75) is 70.8 Å². The van der Waals surface area contributed by atoms with E-state index in [2.05, 4.69) is 16.0 Å². The third-order valence-corrected chi connectivity index (χ3v) is 3.87. The summed E-state index contributed by atoms with van der Waals surface area (Å²) < 4.78 is 0. The summed E-state index contributed by atoms with van der Waals surface area (Å²) in [5.74, 6) is -5.17. The molecule has 0 saturated carbocycles. The van der Waals surface area contributed by atoms with Crippen molar-refractivity contribution in [2.75, 3.05) is 0 Å². The number of carboxylic acid groups (broad SMARTS) is 2. The summed E-state index contributed by atoms with van der Waals surface area (Å²) >= 11 is 0. The largest absolute Gasteiger partial charge is 0.481 e. The molecule has 8 N–H and O–H groups in total. The molecule has 29 heavy (non-hydrogen) atoms. The van der Waals surface area contributed by atoms with E-state index in [-0.39, 0.29) is 12.3 Å². The Kier molecular flexibility index (Phi) is 10.8. The molecule has 0 aliphatic heterocycles. The topological polar surface area (TPSA) is 208 Å². The third-order valence-electron chi connectivity index (χ3n) is 3.87. The van der Waals surface area contributed by atoms with Crippen molar-refractivity contribution in [1.29, 1.82) is 0 Å². The van der Waals surface area contributed by atoms with Crippen molar-refractivity contribution in [3.63, 3.8) is 0 Å². The third kappa shape index (κ3) is 9.85. The highest BCUT2D eigenvalue weighted by molar-refractivity contribution is 5.94. The van der Waals surface area contributed by atoms with Gasteiger partial charge in [0.2, 0.25) is 17.7 Å². The van der Waals surface area contributed by atoms with Gasteiger partial charge in [-0.2, -0.15) is 0 Å². The number of carbonyl (C=O) groups excluding carboxylic acids is 3. The molecule has 166 valence electrons. The first kappa shape index (κ1) is 26.3. The number of aliphatic hydroxyl groups is 1. The summed E-state index contributed by atoms with van der Waals surface area (Å²) in [6, 6.07) is -5.23. The zero-order chi connectivity index (χ0) is 22.9. The van der Waals surface area contributed by atoms with Crippen molar-refractivity contribution in [1.82, 2.24) is 16.0 Å². The predicted molar refractivity (Wildman–Crippen MR) is 100 cm³/mol. The number of hydrogen-bond donors (Lipinski definition) is 7. The van der Waals surface area contributed by atoms with Gasteiger partial charge in [0.25, 0.3) is 0 Å². The molecule has 0 saturated heterocycles. The maximum Gasteiger partial charge on any atom is 0.326 e. The molecule has 5 unspecified atom stereocenters. The minimum Gasteiger partial charge on any atom is -0.481 e. The van der Waals surface area contributed by atoms with Gasteiger partial charge >= 0.3 is 11.9 Å². The van der Waals surface area contributed by atoms with E-state index in [1.807, 2.05) is 0 Å². The molecule has 0 heterocycles. The van der Waals surface area contributed by atoms with Crippen LogP contribution in [0.4, 0.5) is 0 Å². The fourth-order valence-corrected chi connectivity index (χ4v) is 2.30. The van der Waals surface area contributed by atoms with Crippen LogP contribution in [0.5, 0.6) is 0 Å². The van der Waals surface area contributed by atoms with Crippen LogP contribution in [-0.2, 0) is 24.0 Å². The molecule has 0 fully saturated rings. The van der Waals surface area contributed by atoms with Crippen molar-refractivity contribution in [2.24, 2.45) is 11.7 Å². The van der Waals surface area contributed by atoms with Gasteiger partial charge in [0.15, 0.2) is 0 Å². The SMILES string of the molecule is CC(C)CC(NC(=O)C(C)NC(=O)C(NC(=O)C(N)CC(=O)O)C(C)O)C(=O)O. The normalized spacial score (nSPS) is 16.1. The monoisotopic (exact) mass is 418 g/mol. The molecule has 0 aromatic heterocycles. The highest BCUT2D eigenvalue weighted by Gasteiger charge is 2.31. The number of aliphatic hydroxyl groups excluding tert-OH is 1. The van der Waals surface area contributed by atoms with E-state index < -0.39 is 66.4 Å². The highest BCUT2D eigenvalue weighted by Crippen LogP contribution is 2.05. The number of amides is 3. The number of carbonyl (C=O) groups is 5. The Morgan fingerprint density at radius 3 is 1.83 bits per heavy atom. The Hall–Kier alpha value is -2.73. The summed E-state index contributed by atoms with van der Waals surface area (Å²) in [7, 11) is 0. The predicted octanol–water partition coefficient (Wildman–Crippen LogP) is -2.23. The molecule has 0 rings (SSSR count). The summed E-state index contributed by atoms with van der Waals surface area (Å²) in [6.07, 6.45) is -1.86. The van der Waals surface area contributed by atoms with Crippen molar-refractivity contribution < 1.29 is 39.3 Å². The van der Waals surface area contributed by atoms with E-state index in [1.54, 1.807) is 13.8 Å². The van der Waals surface area contributed by atoms with Crippen LogP contribution in [0.2, 0.25) is 0 Å². The first-order valence-electron chi connectivity index (χ1n) is 9.05. The van der Waals surface area contributed by atoms with Crippen LogP contribution < -0.4 is 21.7 Å². The molecule has 0 aliphatic carbocycles. The van der Waals surface area contributed by atoms with Gasteiger partial charge in [0.1, 0.15) is 18.1 Å². The number of rotatable bonds is 12. The van der Waals surface area contributed by atoms with Crippen molar-refractivity contribution in [3.05, 3.63) is 0 Å². The van der Waals surface area contributed by atoms with E-state index in [4.69, 9.17) is 10.8 Å². The number of aliphatic carboxylic acids is 2. The number of hydrogen-bond acceptors (Lipinski definition) is 7. The lowest BCUT2D eigenvalue weighted by Crippen LogP contribution is -2.59. The summed E-state index contributed by atoms with van der Waals surface area (Å²) in [5.41, 5.74) is 5.41. The molecule has 5 atom stereocenters. The van der Waals surface area contributed by atoms with E-state index >= 15 is 0 Å². The molecule has 0 spiro atoms. The lowest BCUT2D eigenvalue weighted by atomic mass is 10.0. The fourth-order valence-electron chi connectivity index (χ4n) is 2.30. The Morgan fingerprint density at radius 1 is 0.862 bits per heavy atom. The number of carboxylic acids is 2. The minimum atomic E-state index is -1.50. The average molecular weight is 418 g/mol. The number of nitrogens with one attached hydrogen (secondary N) is 3. The van der Waals surface area contributed by atoms with Gasteiger partial charge in [-0.25, -0.2) is 4.79 Å². The van der Waals surface area contributed by atoms with Gasteiger partial charge in [-0.1, -0.05) is 13.8 Å². The number of nitrogens with two attached hydrogens (primary N) is 1. The lowest BCUT2D eigenvalue weighted by Gasteiger charge is -2.25. The summed E-state index contributed by atoms with van der Waals surface area (Å²) in [4.78, 5) is 58.3. The van der Waals surface area contributed by atoms with Gasteiger partial charge in [0.05, 0.1) is 18.6 Å². The fraction of sp³-hybridized carbons (Fsp3) is 0.706. The average Bonchev–Trinajstić information content (AvgIpc) is 2.56. The van der Waals surface area contributed by atoms with Gasteiger partial charge in [-0.3, -0.25) is 19.2 Å². The Morgan fingerprint density at radius 2 is 1.41 bits per heavy atom. The van der Waals surface area contributed by atoms with E-state index in [0.717, 1.165) is 0 Å². The molecule has 0 radical (unpaired) electrons. The summed E-state index contributed by atoms with van der Waals surface area (Å²) in [6.45, 7) is 6.09. The Balaban J connectivity index is 4.99. The second-order valence-corrected chi connectivity index (χ2v) is 7.19. The lowest BCUT2D eigenvalue weighted by molar-refractivity contribution is -0.142. The molecule has 12 nitrogen and oxygen atoms in total. The molecule has 3 amide bonds. The molecule has 0 aliphatic rings. The highest BCUT2D eigenvalue weighted by atomic mass is 16.4. The summed E-state index contributed by atoms with van der Waals surface area (Å²) in [5, 5.41) is 34.3. The maximum atomic E-state index is 12.3. The Bertz CT molecular complexity index is 623. The van der Waals surface area contributed by atoms with Crippen LogP contribution in [0.25, 0.3) is 0 Å². The van der Waals surface area contributed by atoms with Crippen molar-refractivity contribution >= 4 is 29.7 Å². The second kappa shape index (κ2) is 12.0. The van der Waals surface area contributed by atoms with E-state index in [9.17, 15) is 34.2 Å². The molecular formula is C17H30N4O8. The first-order chi connectivity index (χ1) is 13.3. The minimum absolute atomic E-state index is 0.00568. The van der Waals surface area contributed by atoms with Crippen LogP contribution in [-0.4, -0.2) is 75.3 Å². The molecule has 12 heteroatoms. The zero-order valence-corrected chi connectivity index (χ0v) is 16.8. The first-order valence-corrected chi connectivity index (χ1v) is 9.05. The van der Waals surface area contributed by atoms with Gasteiger partial charge in [-0.05, 0) is 26.2 Å². The van der Waals surface area contributed by atoms with Crippen LogP contribution in [0, 0.1) is 5.92 Å². The van der Waals surface area contributed by atoms with Gasteiger partial charge in [0, 0.05) is 0 Å². The van der Waals surface area contributed by atoms with Crippen molar-refractivity contribution in [3.8, 4) is 0 Å². The molecular weight excluding hydrogens is 388 g/mol. The van der Waals surface area contributed by atoms with Crippen LogP contribution in [0.1, 0.15) is 40.5 Å². The van der Waals surface area contributed by atoms with E-state index in [1.165, 1.54) is 13.8 Å². The van der Waals surface area contributed by atoms with E-state index in [0.29, 0.717) is 0 Å². The molecule has 0 bridgehead atoms. The van der Waals surface area contributed by atoms with Crippen LogP contribution >= 0.6 is 0 Å². The second-order valence-electron chi connectivity index (χ2n) is 7.19. The smallest absolute Gasteiger partial charge is 0.326 e. The zero-order valence-electron chi connectivity index (χ0n) is 16.8.